The minimum atomic E-state index is 0. The van der Waals surface area contributed by atoms with Crippen molar-refractivity contribution >= 4 is 35.8 Å². The molecule has 3 heterocycles. The molecule has 0 spiro atoms. The second-order valence-corrected chi connectivity index (χ2v) is 8.25. The van der Waals surface area contributed by atoms with Crippen molar-refractivity contribution in [2.75, 3.05) is 78.1 Å². The van der Waals surface area contributed by atoms with Crippen LogP contribution >= 0.6 is 24.0 Å². The van der Waals surface area contributed by atoms with Crippen LogP contribution in [0.4, 0.5) is 5.82 Å². The Morgan fingerprint density at radius 2 is 1.88 bits per heavy atom. The highest BCUT2D eigenvalue weighted by atomic mass is 127. The molecule has 2 aliphatic heterocycles. The van der Waals surface area contributed by atoms with Crippen LogP contribution in [0.15, 0.2) is 23.3 Å². The maximum Gasteiger partial charge on any atom is 0.193 e. The van der Waals surface area contributed by atoms with Crippen molar-refractivity contribution in [3.63, 3.8) is 0 Å². The van der Waals surface area contributed by atoms with Crippen molar-refractivity contribution in [3.8, 4) is 0 Å². The summed E-state index contributed by atoms with van der Waals surface area (Å²) in [7, 11) is 3.59. The first kappa shape index (κ1) is 27.1. The number of hydrogen-bond acceptors (Lipinski definition) is 6. The van der Waals surface area contributed by atoms with Crippen LogP contribution < -0.4 is 10.2 Å². The Labute approximate surface area is 210 Å². The lowest BCUT2D eigenvalue weighted by molar-refractivity contribution is 0.00989. The summed E-state index contributed by atoms with van der Waals surface area (Å²) in [4.78, 5) is 16.4. The molecule has 0 radical (unpaired) electrons. The number of aromatic nitrogens is 1. The van der Waals surface area contributed by atoms with Crippen LogP contribution in [0.5, 0.6) is 0 Å². The van der Waals surface area contributed by atoms with Crippen molar-refractivity contribution in [2.45, 2.75) is 38.8 Å². The summed E-state index contributed by atoms with van der Waals surface area (Å²) in [5, 5.41) is 3.50. The van der Waals surface area contributed by atoms with Crippen LogP contribution in [0.2, 0.25) is 0 Å². The summed E-state index contributed by atoms with van der Waals surface area (Å²) < 4.78 is 11.0. The average molecular weight is 561 g/mol. The van der Waals surface area contributed by atoms with Gasteiger partial charge in [0.05, 0.1) is 6.10 Å². The van der Waals surface area contributed by atoms with Crippen molar-refractivity contribution in [1.82, 2.24) is 20.1 Å². The lowest BCUT2D eigenvalue weighted by atomic mass is 10.1. The molecule has 0 bridgehead atoms. The number of likely N-dealkylation sites (tertiary alicyclic amines) is 1. The minimum absolute atomic E-state index is 0. The number of piperidine rings is 1. The number of rotatable bonds is 9. The summed E-state index contributed by atoms with van der Waals surface area (Å²) in [6, 6.07) is 4.32. The number of anilines is 1. The monoisotopic (exact) mass is 560 g/mol. The van der Waals surface area contributed by atoms with Crippen molar-refractivity contribution < 1.29 is 9.47 Å². The van der Waals surface area contributed by atoms with Gasteiger partial charge in [-0.2, -0.15) is 0 Å². The Kier molecular flexibility index (Phi) is 12.6. The second kappa shape index (κ2) is 14.9. The standard InChI is InChI=1S/C23H40N6O2.HI/c1-4-27-12-14-28(15-13-27)22-7-6-20(18-25-22)19-26-23(24-2)29-10-8-21(9-11-29)31-17-5-16-30-3;/h6-7,18,21H,4-5,8-17,19H2,1-3H3,(H,24,26);1H. The van der Waals surface area contributed by atoms with Gasteiger partial charge < -0.3 is 29.5 Å². The fraction of sp³-hybridized carbons (Fsp3) is 0.739. The predicted molar refractivity (Wildman–Crippen MR) is 141 cm³/mol. The third-order valence-corrected chi connectivity index (χ3v) is 6.20. The van der Waals surface area contributed by atoms with E-state index in [9.17, 15) is 0 Å². The van der Waals surface area contributed by atoms with Gasteiger partial charge in [0.2, 0.25) is 0 Å². The molecule has 2 aliphatic rings. The molecule has 0 saturated carbocycles. The van der Waals surface area contributed by atoms with Gasteiger partial charge in [0.25, 0.3) is 0 Å². The molecule has 2 saturated heterocycles. The van der Waals surface area contributed by atoms with Gasteiger partial charge in [-0.25, -0.2) is 4.98 Å². The first-order valence-corrected chi connectivity index (χ1v) is 11.7. The smallest absolute Gasteiger partial charge is 0.193 e. The van der Waals surface area contributed by atoms with E-state index in [0.29, 0.717) is 6.10 Å². The molecule has 9 heteroatoms. The van der Waals surface area contributed by atoms with E-state index in [4.69, 9.17) is 14.5 Å². The molecule has 32 heavy (non-hydrogen) atoms. The Hall–Kier alpha value is -1.17. The molecular formula is C23H41IN6O2. The van der Waals surface area contributed by atoms with E-state index in [0.717, 1.165) is 96.6 Å². The molecule has 3 rings (SSSR count). The van der Waals surface area contributed by atoms with Crippen LogP contribution in [0.3, 0.4) is 0 Å². The molecular weight excluding hydrogens is 519 g/mol. The van der Waals surface area contributed by atoms with Crippen LogP contribution in [-0.4, -0.2) is 100 Å². The van der Waals surface area contributed by atoms with Gasteiger partial charge in [-0.1, -0.05) is 13.0 Å². The molecule has 0 amide bonds. The molecule has 0 aromatic carbocycles. The second-order valence-electron chi connectivity index (χ2n) is 8.25. The number of nitrogens with one attached hydrogen (secondary N) is 1. The highest BCUT2D eigenvalue weighted by Crippen LogP contribution is 2.16. The number of halogens is 1. The lowest BCUT2D eigenvalue weighted by Crippen LogP contribution is -2.47. The van der Waals surface area contributed by atoms with E-state index in [2.05, 4.69) is 44.1 Å². The van der Waals surface area contributed by atoms with Gasteiger partial charge in [0.15, 0.2) is 5.96 Å². The molecule has 0 atom stereocenters. The highest BCUT2D eigenvalue weighted by Gasteiger charge is 2.22. The Morgan fingerprint density at radius 3 is 2.47 bits per heavy atom. The number of nitrogens with zero attached hydrogens (tertiary/aromatic N) is 5. The normalized spacial score (nSPS) is 18.5. The van der Waals surface area contributed by atoms with Crippen molar-refractivity contribution in [1.29, 1.82) is 0 Å². The number of hydrogen-bond donors (Lipinski definition) is 1. The number of ether oxygens (including phenoxy) is 2. The molecule has 2 fully saturated rings. The fourth-order valence-electron chi connectivity index (χ4n) is 4.20. The molecule has 0 unspecified atom stereocenters. The van der Waals surface area contributed by atoms with Gasteiger partial charge in [0, 0.05) is 79.4 Å². The average Bonchev–Trinajstić information content (AvgIpc) is 2.83. The van der Waals surface area contributed by atoms with E-state index >= 15 is 0 Å². The van der Waals surface area contributed by atoms with Crippen molar-refractivity contribution in [2.24, 2.45) is 4.99 Å². The maximum atomic E-state index is 5.97. The summed E-state index contributed by atoms with van der Waals surface area (Å²) in [6.45, 7) is 11.9. The number of pyridine rings is 1. The number of aliphatic imine (C=N–C) groups is 1. The summed E-state index contributed by atoms with van der Waals surface area (Å²) in [5.41, 5.74) is 1.17. The first-order valence-electron chi connectivity index (χ1n) is 11.7. The van der Waals surface area contributed by atoms with E-state index in [1.54, 1.807) is 7.11 Å². The molecule has 8 nitrogen and oxygen atoms in total. The van der Waals surface area contributed by atoms with Crippen LogP contribution in [0, 0.1) is 0 Å². The highest BCUT2D eigenvalue weighted by molar-refractivity contribution is 14.0. The summed E-state index contributed by atoms with van der Waals surface area (Å²) in [6.07, 6.45) is 5.37. The number of guanidine groups is 1. The first-order chi connectivity index (χ1) is 15.2. The van der Waals surface area contributed by atoms with Gasteiger partial charge >= 0.3 is 0 Å². The topological polar surface area (TPSA) is 65.5 Å². The van der Waals surface area contributed by atoms with Crippen LogP contribution in [-0.2, 0) is 16.0 Å². The molecule has 0 aliphatic carbocycles. The fourth-order valence-corrected chi connectivity index (χ4v) is 4.20. The molecule has 1 N–H and O–H groups in total. The molecule has 1 aromatic heterocycles. The van der Waals surface area contributed by atoms with E-state index in [1.165, 1.54) is 5.56 Å². The van der Waals surface area contributed by atoms with Gasteiger partial charge in [-0.15, -0.1) is 24.0 Å². The molecule has 1 aromatic rings. The van der Waals surface area contributed by atoms with E-state index < -0.39 is 0 Å². The van der Waals surface area contributed by atoms with E-state index in [-0.39, 0.29) is 24.0 Å². The minimum Gasteiger partial charge on any atom is -0.385 e. The van der Waals surface area contributed by atoms with Gasteiger partial charge in [-0.05, 0) is 37.4 Å². The lowest BCUT2D eigenvalue weighted by Gasteiger charge is -2.35. The summed E-state index contributed by atoms with van der Waals surface area (Å²) >= 11 is 0. The number of likely N-dealkylation sites (N-methyl/N-ethyl adjacent to an activating group) is 1. The van der Waals surface area contributed by atoms with Gasteiger partial charge in [-0.3, -0.25) is 4.99 Å². The van der Waals surface area contributed by atoms with Crippen LogP contribution in [0.1, 0.15) is 31.7 Å². The zero-order chi connectivity index (χ0) is 21.9. The van der Waals surface area contributed by atoms with Crippen LogP contribution in [0.25, 0.3) is 0 Å². The number of methoxy groups -OCH3 is 1. The van der Waals surface area contributed by atoms with Crippen molar-refractivity contribution in [3.05, 3.63) is 23.9 Å². The quantitative estimate of drug-likeness (QED) is 0.216. The number of piperazine rings is 1. The Balaban J connectivity index is 0.00000363. The maximum absolute atomic E-state index is 5.97. The zero-order valence-electron chi connectivity index (χ0n) is 20.0. The van der Waals surface area contributed by atoms with Gasteiger partial charge in [0.1, 0.15) is 5.82 Å². The third-order valence-electron chi connectivity index (χ3n) is 6.20. The third kappa shape index (κ3) is 8.31. The SMILES string of the molecule is CCN1CCN(c2ccc(CNC(=NC)N3CCC(OCCCOC)CC3)cn2)CC1.I. The summed E-state index contributed by atoms with van der Waals surface area (Å²) in [5.74, 6) is 2.04. The predicted octanol–water partition coefficient (Wildman–Crippen LogP) is 2.43. The largest absolute Gasteiger partial charge is 0.385 e. The Bertz CT molecular complexity index is 659. The Morgan fingerprint density at radius 1 is 1.12 bits per heavy atom. The molecule has 182 valence electrons. The van der Waals surface area contributed by atoms with E-state index in [1.807, 2.05) is 13.2 Å². The zero-order valence-corrected chi connectivity index (χ0v) is 22.3.